The predicted molar refractivity (Wildman–Crippen MR) is 89.2 cm³/mol. The van der Waals surface area contributed by atoms with Crippen LogP contribution in [0.1, 0.15) is 13.8 Å². The standard InChI is InChI=1S/C15H28O3Si2/c1-6-17-20(18-7-2,14-13-19(4,5)16-3)15-11-9-8-10-12-15/h8-12H,6-7,13-14H2,1-5H3. The van der Waals surface area contributed by atoms with E-state index in [-0.39, 0.29) is 0 Å². The Bertz CT molecular complexity index is 376. The van der Waals surface area contributed by atoms with Gasteiger partial charge >= 0.3 is 8.56 Å². The SMILES string of the molecule is CCO[Si](CC[Si](C)(C)OC)(OCC)c1ccccc1. The molecule has 0 radical (unpaired) electrons. The first-order valence-electron chi connectivity index (χ1n) is 7.38. The number of rotatable bonds is 9. The molecule has 5 heteroatoms. The lowest BCUT2D eigenvalue weighted by Crippen LogP contribution is -2.54. The second kappa shape index (κ2) is 8.09. The molecular formula is C15H28O3Si2. The van der Waals surface area contributed by atoms with E-state index in [1.54, 1.807) is 0 Å². The third kappa shape index (κ3) is 4.82. The van der Waals surface area contributed by atoms with Crippen LogP contribution in [0.3, 0.4) is 0 Å². The van der Waals surface area contributed by atoms with Crippen molar-refractivity contribution in [3.05, 3.63) is 30.3 Å². The summed E-state index contributed by atoms with van der Waals surface area (Å²) in [5.41, 5.74) is 0. The summed E-state index contributed by atoms with van der Waals surface area (Å²) in [5.74, 6) is 0. The minimum Gasteiger partial charge on any atom is -0.420 e. The Labute approximate surface area is 125 Å². The van der Waals surface area contributed by atoms with Gasteiger partial charge in [-0.25, -0.2) is 0 Å². The quantitative estimate of drug-likeness (QED) is 0.655. The van der Waals surface area contributed by atoms with Gasteiger partial charge in [0.2, 0.25) is 0 Å². The molecular weight excluding hydrogens is 284 g/mol. The molecule has 20 heavy (non-hydrogen) atoms. The summed E-state index contributed by atoms with van der Waals surface area (Å²) >= 11 is 0. The molecule has 0 heterocycles. The van der Waals surface area contributed by atoms with Crippen LogP contribution in [0, 0.1) is 0 Å². The third-order valence-electron chi connectivity index (χ3n) is 3.58. The van der Waals surface area contributed by atoms with Crippen molar-refractivity contribution in [2.24, 2.45) is 0 Å². The van der Waals surface area contributed by atoms with Crippen molar-refractivity contribution >= 4 is 22.1 Å². The Morgan fingerprint density at radius 1 is 0.900 bits per heavy atom. The van der Waals surface area contributed by atoms with Crippen molar-refractivity contribution < 1.29 is 13.3 Å². The summed E-state index contributed by atoms with van der Waals surface area (Å²) in [6.45, 7) is 9.96. The van der Waals surface area contributed by atoms with E-state index in [9.17, 15) is 0 Å². The van der Waals surface area contributed by atoms with E-state index in [1.807, 2.05) is 27.0 Å². The summed E-state index contributed by atoms with van der Waals surface area (Å²) in [6.07, 6.45) is 0. The van der Waals surface area contributed by atoms with E-state index < -0.39 is 16.9 Å². The molecule has 1 aromatic carbocycles. The van der Waals surface area contributed by atoms with E-state index in [0.717, 1.165) is 12.1 Å². The molecule has 0 saturated carbocycles. The fourth-order valence-electron chi connectivity index (χ4n) is 2.22. The summed E-state index contributed by atoms with van der Waals surface area (Å²) in [6, 6.07) is 12.5. The minimum absolute atomic E-state index is 0.691. The first kappa shape index (κ1) is 17.6. The minimum atomic E-state index is -2.34. The Balaban J connectivity index is 2.99. The van der Waals surface area contributed by atoms with Gasteiger partial charge in [0, 0.05) is 20.3 Å². The van der Waals surface area contributed by atoms with Gasteiger partial charge in [-0.05, 0) is 44.2 Å². The lowest BCUT2D eigenvalue weighted by molar-refractivity contribution is 0.196. The van der Waals surface area contributed by atoms with Gasteiger partial charge in [-0.3, -0.25) is 0 Å². The first-order chi connectivity index (χ1) is 9.49. The number of hydrogen-bond donors (Lipinski definition) is 0. The highest BCUT2D eigenvalue weighted by molar-refractivity contribution is 6.83. The molecule has 0 bridgehead atoms. The highest BCUT2D eigenvalue weighted by atomic mass is 28.4. The molecule has 3 nitrogen and oxygen atoms in total. The van der Waals surface area contributed by atoms with Gasteiger partial charge in [-0.2, -0.15) is 0 Å². The molecule has 114 valence electrons. The van der Waals surface area contributed by atoms with Crippen LogP contribution in [-0.2, 0) is 13.3 Å². The fraction of sp³-hybridized carbons (Fsp3) is 0.600. The molecule has 0 aliphatic carbocycles. The highest BCUT2D eigenvalue weighted by Crippen LogP contribution is 2.23. The fourth-order valence-corrected chi connectivity index (χ4v) is 8.78. The maximum atomic E-state index is 6.18. The first-order valence-corrected chi connectivity index (χ1v) is 12.5. The van der Waals surface area contributed by atoms with Crippen molar-refractivity contribution in [3.8, 4) is 0 Å². The van der Waals surface area contributed by atoms with Gasteiger partial charge < -0.3 is 13.3 Å². The molecule has 0 N–H and O–H groups in total. The molecule has 1 aromatic rings. The van der Waals surface area contributed by atoms with Crippen LogP contribution in [0.25, 0.3) is 0 Å². The number of benzene rings is 1. The highest BCUT2D eigenvalue weighted by Gasteiger charge is 2.41. The van der Waals surface area contributed by atoms with Crippen molar-refractivity contribution in [2.75, 3.05) is 20.3 Å². The monoisotopic (exact) mass is 312 g/mol. The van der Waals surface area contributed by atoms with Crippen LogP contribution >= 0.6 is 0 Å². The molecule has 0 unspecified atom stereocenters. The lowest BCUT2D eigenvalue weighted by atomic mass is 10.4. The van der Waals surface area contributed by atoms with Gasteiger partial charge in [0.25, 0.3) is 0 Å². The summed E-state index contributed by atoms with van der Waals surface area (Å²) in [4.78, 5) is 0. The average Bonchev–Trinajstić information content (AvgIpc) is 2.46. The molecule has 0 aromatic heterocycles. The number of hydrogen-bond acceptors (Lipinski definition) is 3. The zero-order chi connectivity index (χ0) is 15.1. The van der Waals surface area contributed by atoms with Crippen LogP contribution in [0.4, 0.5) is 0 Å². The van der Waals surface area contributed by atoms with E-state index in [4.69, 9.17) is 13.3 Å². The van der Waals surface area contributed by atoms with Crippen LogP contribution in [-0.4, -0.2) is 37.2 Å². The second-order valence-corrected chi connectivity index (χ2v) is 13.0. The van der Waals surface area contributed by atoms with E-state index in [1.165, 1.54) is 5.19 Å². The molecule has 0 saturated heterocycles. The lowest BCUT2D eigenvalue weighted by Gasteiger charge is -2.32. The molecule has 0 aliphatic heterocycles. The molecule has 1 rings (SSSR count). The van der Waals surface area contributed by atoms with Crippen LogP contribution < -0.4 is 5.19 Å². The molecule has 0 atom stereocenters. The maximum absolute atomic E-state index is 6.18. The molecule has 0 amide bonds. The second-order valence-electron chi connectivity index (χ2n) is 5.45. The topological polar surface area (TPSA) is 27.7 Å². The molecule has 0 spiro atoms. The average molecular weight is 313 g/mol. The zero-order valence-corrected chi connectivity index (χ0v) is 15.4. The Kier molecular flexibility index (Phi) is 7.12. The van der Waals surface area contributed by atoms with Gasteiger partial charge in [-0.1, -0.05) is 30.3 Å². The summed E-state index contributed by atoms with van der Waals surface area (Å²) in [7, 11) is -2.13. The van der Waals surface area contributed by atoms with Crippen LogP contribution in [0.2, 0.25) is 25.2 Å². The molecule has 0 fully saturated rings. The van der Waals surface area contributed by atoms with Gasteiger partial charge in [0.05, 0.1) is 0 Å². The smallest absolute Gasteiger partial charge is 0.372 e. The third-order valence-corrected chi connectivity index (χ3v) is 10.3. The van der Waals surface area contributed by atoms with E-state index >= 15 is 0 Å². The van der Waals surface area contributed by atoms with E-state index in [2.05, 4.69) is 37.4 Å². The normalized spacial score (nSPS) is 12.7. The van der Waals surface area contributed by atoms with Crippen molar-refractivity contribution in [1.82, 2.24) is 0 Å². The van der Waals surface area contributed by atoms with Gasteiger partial charge in [0.1, 0.15) is 0 Å². The van der Waals surface area contributed by atoms with Crippen molar-refractivity contribution in [1.29, 1.82) is 0 Å². The Morgan fingerprint density at radius 2 is 1.45 bits per heavy atom. The van der Waals surface area contributed by atoms with Gasteiger partial charge in [0.15, 0.2) is 8.32 Å². The zero-order valence-electron chi connectivity index (χ0n) is 13.4. The maximum Gasteiger partial charge on any atom is 0.372 e. The summed E-state index contributed by atoms with van der Waals surface area (Å²) < 4.78 is 18.0. The van der Waals surface area contributed by atoms with E-state index in [0.29, 0.717) is 13.2 Å². The Morgan fingerprint density at radius 3 is 1.90 bits per heavy atom. The largest absolute Gasteiger partial charge is 0.420 e. The van der Waals surface area contributed by atoms with Crippen molar-refractivity contribution in [2.45, 2.75) is 39.0 Å². The van der Waals surface area contributed by atoms with Crippen molar-refractivity contribution in [3.63, 3.8) is 0 Å². The van der Waals surface area contributed by atoms with Crippen LogP contribution in [0.5, 0.6) is 0 Å². The summed E-state index contributed by atoms with van der Waals surface area (Å²) in [5, 5.41) is 1.23. The van der Waals surface area contributed by atoms with Crippen LogP contribution in [0.15, 0.2) is 30.3 Å². The predicted octanol–water partition coefficient (Wildman–Crippen LogP) is 3.26. The van der Waals surface area contributed by atoms with Gasteiger partial charge in [-0.15, -0.1) is 0 Å². The Hall–Kier alpha value is -0.466. The molecule has 0 aliphatic rings.